The van der Waals surface area contributed by atoms with Crippen LogP contribution in [0.15, 0.2) is 41.5 Å². The molecule has 6 nitrogen and oxygen atoms in total. The minimum atomic E-state index is -0.358. The maximum Gasteiger partial charge on any atom is 0.282 e. The van der Waals surface area contributed by atoms with Gasteiger partial charge >= 0.3 is 0 Å². The van der Waals surface area contributed by atoms with Crippen LogP contribution in [0.4, 0.5) is 0 Å². The number of aromatic nitrogens is 3. The third-order valence-corrected chi connectivity index (χ3v) is 7.06. The highest BCUT2D eigenvalue weighted by molar-refractivity contribution is 7.19. The van der Waals surface area contributed by atoms with Crippen LogP contribution in [0, 0.1) is 13.8 Å². The molecule has 3 aromatic heterocycles. The number of carbonyl (C=O) groups is 1. The second-order valence-corrected chi connectivity index (χ2v) is 9.30. The Balaban J connectivity index is 1.77. The standard InChI is InChI=1S/C21H20N4O2S2/c1-11(2)19-23-12(3)17(29-19)18(26)24-25-10-22-20-16(21(25)27)15(13(4)28-20)14-8-6-5-7-9-14/h5-11H,1-4H3,(H,24,26). The summed E-state index contributed by atoms with van der Waals surface area (Å²) in [4.78, 5) is 37.0. The molecule has 29 heavy (non-hydrogen) atoms. The highest BCUT2D eigenvalue weighted by atomic mass is 32.1. The van der Waals surface area contributed by atoms with Gasteiger partial charge in [0.05, 0.1) is 16.1 Å². The number of thiophene rings is 1. The third-order valence-electron chi connectivity index (χ3n) is 4.59. The Morgan fingerprint density at radius 3 is 2.52 bits per heavy atom. The highest BCUT2D eigenvalue weighted by Crippen LogP contribution is 2.35. The predicted molar refractivity (Wildman–Crippen MR) is 119 cm³/mol. The first-order chi connectivity index (χ1) is 13.9. The summed E-state index contributed by atoms with van der Waals surface area (Å²) < 4.78 is 1.16. The summed E-state index contributed by atoms with van der Waals surface area (Å²) in [7, 11) is 0. The molecule has 0 fully saturated rings. The molecule has 0 saturated heterocycles. The Bertz CT molecular complexity index is 1270. The van der Waals surface area contributed by atoms with Crippen LogP contribution in [0.5, 0.6) is 0 Å². The number of nitrogens with zero attached hydrogens (tertiary/aromatic N) is 3. The summed E-state index contributed by atoms with van der Waals surface area (Å²) in [6, 6.07) is 9.75. The number of carbonyl (C=O) groups excluding carboxylic acids is 1. The van der Waals surface area contributed by atoms with Crippen molar-refractivity contribution in [2.75, 3.05) is 5.43 Å². The summed E-state index contributed by atoms with van der Waals surface area (Å²) >= 11 is 2.83. The van der Waals surface area contributed by atoms with Crippen LogP contribution in [-0.4, -0.2) is 20.6 Å². The van der Waals surface area contributed by atoms with Crippen LogP contribution in [-0.2, 0) is 0 Å². The van der Waals surface area contributed by atoms with Gasteiger partial charge in [0.1, 0.15) is 16.0 Å². The molecule has 0 radical (unpaired) electrons. The normalized spacial score (nSPS) is 11.3. The molecule has 3 heterocycles. The van der Waals surface area contributed by atoms with Crippen molar-refractivity contribution >= 4 is 38.8 Å². The molecule has 4 aromatic rings. The maximum atomic E-state index is 13.2. The first-order valence-electron chi connectivity index (χ1n) is 9.21. The van der Waals surface area contributed by atoms with Crippen LogP contribution in [0.25, 0.3) is 21.3 Å². The zero-order valence-corrected chi connectivity index (χ0v) is 18.1. The van der Waals surface area contributed by atoms with E-state index in [1.54, 1.807) is 6.92 Å². The average molecular weight is 425 g/mol. The van der Waals surface area contributed by atoms with E-state index in [9.17, 15) is 9.59 Å². The average Bonchev–Trinajstić information content (AvgIpc) is 3.25. The number of benzene rings is 1. The van der Waals surface area contributed by atoms with Gasteiger partial charge in [0.25, 0.3) is 11.5 Å². The van der Waals surface area contributed by atoms with E-state index in [0.29, 0.717) is 20.8 Å². The number of amides is 1. The fraction of sp³-hybridized carbons (Fsp3) is 0.238. The molecule has 1 N–H and O–H groups in total. The highest BCUT2D eigenvalue weighted by Gasteiger charge is 2.20. The molecule has 0 saturated carbocycles. The van der Waals surface area contributed by atoms with Crippen molar-refractivity contribution in [3.63, 3.8) is 0 Å². The minimum absolute atomic E-state index is 0.239. The van der Waals surface area contributed by atoms with Crippen molar-refractivity contribution in [3.05, 3.63) is 67.5 Å². The van der Waals surface area contributed by atoms with E-state index >= 15 is 0 Å². The monoisotopic (exact) mass is 424 g/mol. The molecule has 0 atom stereocenters. The van der Waals surface area contributed by atoms with Crippen molar-refractivity contribution in [1.82, 2.24) is 14.6 Å². The number of hydrogen-bond donors (Lipinski definition) is 1. The van der Waals surface area contributed by atoms with Crippen molar-refractivity contribution < 1.29 is 4.79 Å². The van der Waals surface area contributed by atoms with Crippen molar-refractivity contribution in [1.29, 1.82) is 0 Å². The van der Waals surface area contributed by atoms with Crippen LogP contribution in [0.3, 0.4) is 0 Å². The molecule has 8 heteroatoms. The Kier molecular flexibility index (Phi) is 5.06. The first-order valence-corrected chi connectivity index (χ1v) is 10.8. The van der Waals surface area contributed by atoms with Gasteiger partial charge in [-0.05, 0) is 19.4 Å². The number of aryl methyl sites for hydroxylation is 2. The number of rotatable bonds is 4. The molecule has 0 spiro atoms. The van der Waals surface area contributed by atoms with Crippen LogP contribution >= 0.6 is 22.7 Å². The molecule has 0 bridgehead atoms. The Hall–Kier alpha value is -2.84. The fourth-order valence-electron chi connectivity index (χ4n) is 3.17. The first kappa shape index (κ1) is 19.5. The molecule has 148 valence electrons. The molecule has 0 aliphatic carbocycles. The maximum absolute atomic E-state index is 13.2. The number of thiazole rings is 1. The van der Waals surface area contributed by atoms with Gasteiger partial charge in [-0.1, -0.05) is 44.2 Å². The van der Waals surface area contributed by atoms with Gasteiger partial charge in [0.15, 0.2) is 0 Å². The fourth-order valence-corrected chi connectivity index (χ4v) is 5.13. The second kappa shape index (κ2) is 7.53. The molecular formula is C21H20N4O2S2. The summed E-state index contributed by atoms with van der Waals surface area (Å²) in [5.74, 6) is -0.119. The largest absolute Gasteiger partial charge is 0.282 e. The lowest BCUT2D eigenvalue weighted by Gasteiger charge is -2.08. The molecule has 0 aliphatic rings. The quantitative estimate of drug-likeness (QED) is 0.515. The van der Waals surface area contributed by atoms with E-state index in [4.69, 9.17) is 0 Å². The van der Waals surface area contributed by atoms with E-state index in [1.165, 1.54) is 29.0 Å². The van der Waals surface area contributed by atoms with Crippen LogP contribution in [0.1, 0.15) is 45.0 Å². The van der Waals surface area contributed by atoms with Crippen molar-refractivity contribution in [2.24, 2.45) is 0 Å². The summed E-state index contributed by atoms with van der Waals surface area (Å²) in [5, 5.41) is 1.42. The van der Waals surface area contributed by atoms with E-state index in [2.05, 4.69) is 15.4 Å². The van der Waals surface area contributed by atoms with Gasteiger partial charge in [-0.25, -0.2) is 14.6 Å². The second-order valence-electron chi connectivity index (χ2n) is 7.06. The summed E-state index contributed by atoms with van der Waals surface area (Å²) in [6.07, 6.45) is 1.37. The molecule has 0 aliphatic heterocycles. The molecule has 0 unspecified atom stereocenters. The van der Waals surface area contributed by atoms with Crippen molar-refractivity contribution in [3.8, 4) is 11.1 Å². The van der Waals surface area contributed by atoms with Crippen LogP contribution < -0.4 is 11.0 Å². The van der Waals surface area contributed by atoms with E-state index in [1.807, 2.05) is 51.1 Å². The van der Waals surface area contributed by atoms with E-state index in [-0.39, 0.29) is 17.4 Å². The van der Waals surface area contributed by atoms with Gasteiger partial charge in [-0.3, -0.25) is 15.0 Å². The smallest absolute Gasteiger partial charge is 0.267 e. The lowest BCUT2D eigenvalue weighted by Crippen LogP contribution is -2.33. The van der Waals surface area contributed by atoms with Crippen LogP contribution in [0.2, 0.25) is 0 Å². The molecule has 1 amide bonds. The Labute approximate surface area is 175 Å². The molecule has 4 rings (SSSR count). The SMILES string of the molecule is Cc1nc(C(C)C)sc1C(=O)Nn1cnc2sc(C)c(-c3ccccc3)c2c1=O. The van der Waals surface area contributed by atoms with E-state index < -0.39 is 0 Å². The molecule has 1 aromatic carbocycles. The van der Waals surface area contributed by atoms with Gasteiger partial charge in [-0.15, -0.1) is 22.7 Å². The molecular weight excluding hydrogens is 404 g/mol. The number of fused-ring (bicyclic) bond motifs is 1. The van der Waals surface area contributed by atoms with E-state index in [0.717, 1.165) is 25.7 Å². The Morgan fingerprint density at radius 2 is 1.86 bits per heavy atom. The third kappa shape index (κ3) is 3.49. The topological polar surface area (TPSA) is 76.9 Å². The van der Waals surface area contributed by atoms with Gasteiger partial charge in [0.2, 0.25) is 0 Å². The number of hydrogen-bond acceptors (Lipinski definition) is 6. The minimum Gasteiger partial charge on any atom is -0.267 e. The number of nitrogens with one attached hydrogen (secondary N) is 1. The zero-order chi connectivity index (χ0) is 20.7. The predicted octanol–water partition coefficient (Wildman–Crippen LogP) is 4.71. The summed E-state index contributed by atoms with van der Waals surface area (Å²) in [6.45, 7) is 7.85. The lowest BCUT2D eigenvalue weighted by molar-refractivity contribution is 0.101. The summed E-state index contributed by atoms with van der Waals surface area (Å²) in [5.41, 5.74) is 4.87. The van der Waals surface area contributed by atoms with Gasteiger partial charge < -0.3 is 0 Å². The van der Waals surface area contributed by atoms with Crippen molar-refractivity contribution in [2.45, 2.75) is 33.6 Å². The zero-order valence-electron chi connectivity index (χ0n) is 16.5. The van der Waals surface area contributed by atoms with Gasteiger partial charge in [0, 0.05) is 16.4 Å². The Morgan fingerprint density at radius 1 is 1.14 bits per heavy atom. The van der Waals surface area contributed by atoms with Gasteiger partial charge in [-0.2, -0.15) is 0 Å². The lowest BCUT2D eigenvalue weighted by atomic mass is 10.0.